The van der Waals surface area contributed by atoms with Crippen LogP contribution in [0.1, 0.15) is 51.2 Å². The van der Waals surface area contributed by atoms with E-state index >= 15 is 0 Å². The molecular formula is C12H17ClN2O2. The molecule has 1 aliphatic rings. The molecule has 1 aromatic heterocycles. The van der Waals surface area contributed by atoms with Crippen LogP contribution in [-0.4, -0.2) is 20.6 Å². The summed E-state index contributed by atoms with van der Waals surface area (Å²) in [6.07, 6.45) is 2.32. The predicted molar refractivity (Wildman–Crippen MR) is 65.5 cm³/mol. The minimum Gasteiger partial charge on any atom is -0.480 e. The summed E-state index contributed by atoms with van der Waals surface area (Å²) in [6, 6.07) is -0.520. The molecule has 0 bridgehead atoms. The Bertz CT molecular complexity index is 460. The van der Waals surface area contributed by atoms with Crippen molar-refractivity contribution in [3.8, 4) is 0 Å². The van der Waals surface area contributed by atoms with Crippen LogP contribution in [0.15, 0.2) is 0 Å². The van der Waals surface area contributed by atoms with Crippen molar-refractivity contribution in [2.24, 2.45) is 0 Å². The maximum Gasteiger partial charge on any atom is 0.326 e. The summed E-state index contributed by atoms with van der Waals surface area (Å²) in [7, 11) is 0. The Labute approximate surface area is 106 Å². The van der Waals surface area contributed by atoms with Crippen LogP contribution >= 0.6 is 11.6 Å². The molecule has 0 radical (unpaired) electrons. The first-order valence-corrected chi connectivity index (χ1v) is 6.20. The number of halogens is 1. The van der Waals surface area contributed by atoms with E-state index in [1.165, 1.54) is 0 Å². The molecule has 94 valence electrons. The van der Waals surface area contributed by atoms with Gasteiger partial charge in [0.05, 0.1) is 5.69 Å². The molecule has 2 heterocycles. The first-order chi connectivity index (χ1) is 7.82. The number of aromatic nitrogens is 2. The first-order valence-electron chi connectivity index (χ1n) is 5.82. The lowest BCUT2D eigenvalue weighted by Gasteiger charge is -2.28. The van der Waals surface area contributed by atoms with Gasteiger partial charge in [-0.15, -0.1) is 0 Å². The van der Waals surface area contributed by atoms with Crippen molar-refractivity contribution in [1.29, 1.82) is 0 Å². The maximum absolute atomic E-state index is 11.3. The SMILES string of the molecule is CC(C)(C)c1nc(Cl)c2n1C(C(=O)O)CCC2. The van der Waals surface area contributed by atoms with E-state index in [1.54, 1.807) is 0 Å². The van der Waals surface area contributed by atoms with Gasteiger partial charge < -0.3 is 9.67 Å². The quantitative estimate of drug-likeness (QED) is 0.841. The van der Waals surface area contributed by atoms with Gasteiger partial charge in [-0.25, -0.2) is 9.78 Å². The number of nitrogens with zero attached hydrogens (tertiary/aromatic N) is 2. The zero-order valence-electron chi connectivity index (χ0n) is 10.3. The van der Waals surface area contributed by atoms with Crippen LogP contribution in [0.5, 0.6) is 0 Å². The summed E-state index contributed by atoms with van der Waals surface area (Å²) in [5.41, 5.74) is 0.669. The second-order valence-electron chi connectivity index (χ2n) is 5.54. The van der Waals surface area contributed by atoms with E-state index in [0.717, 1.165) is 24.4 Å². The molecule has 1 atom stereocenters. The number of hydrogen-bond acceptors (Lipinski definition) is 2. The van der Waals surface area contributed by atoms with E-state index in [9.17, 15) is 9.90 Å². The smallest absolute Gasteiger partial charge is 0.326 e. The van der Waals surface area contributed by atoms with Crippen LogP contribution in [0.4, 0.5) is 0 Å². The molecule has 5 heteroatoms. The van der Waals surface area contributed by atoms with E-state index in [1.807, 2.05) is 25.3 Å². The molecule has 1 unspecified atom stereocenters. The summed E-state index contributed by atoms with van der Waals surface area (Å²) in [6.45, 7) is 6.06. The van der Waals surface area contributed by atoms with E-state index in [0.29, 0.717) is 11.6 Å². The van der Waals surface area contributed by atoms with Crippen LogP contribution in [0.25, 0.3) is 0 Å². The van der Waals surface area contributed by atoms with Gasteiger partial charge in [0.1, 0.15) is 11.9 Å². The van der Waals surface area contributed by atoms with E-state index in [-0.39, 0.29) is 5.41 Å². The summed E-state index contributed by atoms with van der Waals surface area (Å²) >= 11 is 6.11. The standard InChI is InChI=1S/C12H17ClN2O2/c1-12(2,3)11-14-9(13)7-5-4-6-8(10(16)17)15(7)11/h8H,4-6H2,1-3H3,(H,16,17). The normalized spacial score (nSPS) is 20.1. The van der Waals surface area contributed by atoms with E-state index in [4.69, 9.17) is 11.6 Å². The Balaban J connectivity index is 2.61. The highest BCUT2D eigenvalue weighted by Crippen LogP contribution is 2.35. The molecule has 0 saturated heterocycles. The van der Waals surface area contributed by atoms with Gasteiger partial charge in [0.15, 0.2) is 5.15 Å². The van der Waals surface area contributed by atoms with Gasteiger partial charge in [0.25, 0.3) is 0 Å². The number of aliphatic carboxylic acids is 1. The zero-order chi connectivity index (χ0) is 12.8. The van der Waals surface area contributed by atoms with Crippen LogP contribution < -0.4 is 0 Å². The van der Waals surface area contributed by atoms with Crippen molar-refractivity contribution in [3.05, 3.63) is 16.7 Å². The third-order valence-corrected chi connectivity index (χ3v) is 3.42. The summed E-state index contributed by atoms with van der Waals surface area (Å²) in [5.74, 6) is -0.0323. The van der Waals surface area contributed by atoms with Crippen molar-refractivity contribution in [2.75, 3.05) is 0 Å². The number of hydrogen-bond donors (Lipinski definition) is 1. The molecule has 0 saturated carbocycles. The minimum absolute atomic E-state index is 0.201. The maximum atomic E-state index is 11.3. The lowest BCUT2D eigenvalue weighted by molar-refractivity contribution is -0.141. The highest BCUT2D eigenvalue weighted by Gasteiger charge is 2.34. The van der Waals surface area contributed by atoms with Crippen molar-refractivity contribution >= 4 is 17.6 Å². The van der Waals surface area contributed by atoms with Crippen molar-refractivity contribution in [2.45, 2.75) is 51.5 Å². The lowest BCUT2D eigenvalue weighted by Crippen LogP contribution is -2.30. The van der Waals surface area contributed by atoms with Crippen LogP contribution in [0.2, 0.25) is 5.15 Å². The second kappa shape index (κ2) is 4.02. The summed E-state index contributed by atoms with van der Waals surface area (Å²) in [5, 5.41) is 9.75. The topological polar surface area (TPSA) is 55.1 Å². The molecule has 1 aromatic rings. The van der Waals surface area contributed by atoms with Crippen LogP contribution in [-0.2, 0) is 16.6 Å². The highest BCUT2D eigenvalue weighted by atomic mass is 35.5. The third kappa shape index (κ3) is 2.06. The second-order valence-corrected chi connectivity index (χ2v) is 5.90. The van der Waals surface area contributed by atoms with Gasteiger partial charge >= 0.3 is 5.97 Å². The monoisotopic (exact) mass is 256 g/mol. The molecular weight excluding hydrogens is 240 g/mol. The minimum atomic E-state index is -0.800. The third-order valence-electron chi connectivity index (χ3n) is 3.12. The molecule has 0 spiro atoms. The first kappa shape index (κ1) is 12.4. The molecule has 0 fully saturated rings. The van der Waals surface area contributed by atoms with Crippen molar-refractivity contribution in [3.63, 3.8) is 0 Å². The average Bonchev–Trinajstić information content (AvgIpc) is 2.56. The fourth-order valence-corrected chi connectivity index (χ4v) is 2.62. The zero-order valence-corrected chi connectivity index (χ0v) is 11.1. The number of fused-ring (bicyclic) bond motifs is 1. The van der Waals surface area contributed by atoms with Crippen LogP contribution in [0.3, 0.4) is 0 Å². The predicted octanol–water partition coefficient (Wildman–Crippen LogP) is 2.80. The van der Waals surface area contributed by atoms with Crippen LogP contribution in [0, 0.1) is 0 Å². The molecule has 1 N–H and O–H groups in total. The summed E-state index contributed by atoms with van der Waals surface area (Å²) in [4.78, 5) is 15.7. The summed E-state index contributed by atoms with van der Waals surface area (Å²) < 4.78 is 1.83. The molecule has 1 aliphatic heterocycles. The number of carboxylic acids is 1. The fraction of sp³-hybridized carbons (Fsp3) is 0.667. The van der Waals surface area contributed by atoms with Gasteiger partial charge in [-0.1, -0.05) is 32.4 Å². The van der Waals surface area contributed by atoms with Gasteiger partial charge in [0.2, 0.25) is 0 Å². The molecule has 4 nitrogen and oxygen atoms in total. The number of carboxylic acid groups (broad SMARTS) is 1. The van der Waals surface area contributed by atoms with Gasteiger partial charge in [-0.3, -0.25) is 0 Å². The molecule has 0 aliphatic carbocycles. The fourth-order valence-electron chi connectivity index (χ4n) is 2.35. The number of imidazole rings is 1. The van der Waals surface area contributed by atoms with Gasteiger partial charge in [0, 0.05) is 5.41 Å². The number of carbonyl (C=O) groups is 1. The van der Waals surface area contributed by atoms with E-state index in [2.05, 4.69) is 4.98 Å². The Hall–Kier alpha value is -1.03. The lowest BCUT2D eigenvalue weighted by atomic mass is 9.94. The van der Waals surface area contributed by atoms with E-state index < -0.39 is 12.0 Å². The largest absolute Gasteiger partial charge is 0.480 e. The molecule has 0 amide bonds. The molecule has 2 rings (SSSR count). The highest BCUT2D eigenvalue weighted by molar-refractivity contribution is 6.30. The van der Waals surface area contributed by atoms with Gasteiger partial charge in [-0.05, 0) is 19.3 Å². The van der Waals surface area contributed by atoms with Crippen molar-refractivity contribution in [1.82, 2.24) is 9.55 Å². The molecule has 0 aromatic carbocycles. The molecule has 17 heavy (non-hydrogen) atoms. The Kier molecular flexibility index (Phi) is 2.94. The Morgan fingerprint density at radius 2 is 2.18 bits per heavy atom. The van der Waals surface area contributed by atoms with Crippen molar-refractivity contribution < 1.29 is 9.90 Å². The Morgan fingerprint density at radius 3 is 2.71 bits per heavy atom. The van der Waals surface area contributed by atoms with Gasteiger partial charge in [-0.2, -0.15) is 0 Å². The Morgan fingerprint density at radius 1 is 1.53 bits per heavy atom. The number of rotatable bonds is 1. The average molecular weight is 257 g/mol.